The van der Waals surface area contributed by atoms with Crippen molar-refractivity contribution < 1.29 is 19.1 Å². The van der Waals surface area contributed by atoms with Crippen LogP contribution in [-0.2, 0) is 4.74 Å². The molecule has 1 aliphatic carbocycles. The van der Waals surface area contributed by atoms with Crippen molar-refractivity contribution in [1.29, 1.82) is 0 Å². The van der Waals surface area contributed by atoms with Crippen LogP contribution in [0.15, 0.2) is 70.5 Å². The van der Waals surface area contributed by atoms with Gasteiger partial charge in [-0.05, 0) is 68.8 Å². The maximum absolute atomic E-state index is 13.1. The first-order valence-electron chi connectivity index (χ1n) is 10.3. The van der Waals surface area contributed by atoms with Crippen molar-refractivity contribution >= 4 is 27.3 Å². The fraction of sp³-hybridized carbons (Fsp3) is 0.269. The average Bonchev–Trinajstić information content (AvgIpc) is 2.70. The average molecular weight is 435 g/mol. The van der Waals surface area contributed by atoms with E-state index in [9.17, 15) is 9.59 Å². The molecule has 0 fully saturated rings. The molecule has 0 saturated carbocycles. The summed E-state index contributed by atoms with van der Waals surface area (Å²) < 4.78 is 10.9. The van der Waals surface area contributed by atoms with Crippen molar-refractivity contribution in [1.82, 2.24) is 0 Å². The van der Waals surface area contributed by atoms with E-state index >= 15 is 0 Å². The summed E-state index contributed by atoms with van der Waals surface area (Å²) in [7, 11) is -0.392. The maximum atomic E-state index is 13.1. The summed E-state index contributed by atoms with van der Waals surface area (Å²) in [5.74, 6) is 0.429. The van der Waals surface area contributed by atoms with Crippen LogP contribution in [0.5, 0.6) is 5.75 Å². The van der Waals surface area contributed by atoms with Gasteiger partial charge >= 0.3 is 6.16 Å². The van der Waals surface area contributed by atoms with E-state index in [1.807, 2.05) is 56.3 Å². The van der Waals surface area contributed by atoms with Crippen LogP contribution < -0.4 is 4.74 Å². The normalized spacial score (nSPS) is 19.6. The highest BCUT2D eigenvalue weighted by Gasteiger charge is 2.32. The third-order valence-electron chi connectivity index (χ3n) is 5.12. The van der Waals surface area contributed by atoms with Crippen LogP contribution in [0.25, 0.3) is 0 Å². The van der Waals surface area contributed by atoms with Crippen LogP contribution in [0.3, 0.4) is 0 Å². The number of hydrogen-bond donors (Lipinski definition) is 0. The van der Waals surface area contributed by atoms with Crippen molar-refractivity contribution in [2.45, 2.75) is 50.0 Å². The molecule has 1 heterocycles. The van der Waals surface area contributed by atoms with Gasteiger partial charge in [0.2, 0.25) is 0 Å². The summed E-state index contributed by atoms with van der Waals surface area (Å²) in [4.78, 5) is 28.5. The van der Waals surface area contributed by atoms with Gasteiger partial charge in [0.05, 0.1) is 5.92 Å². The molecule has 1 aliphatic heterocycles. The van der Waals surface area contributed by atoms with Gasteiger partial charge in [-0.25, -0.2) is 4.79 Å². The summed E-state index contributed by atoms with van der Waals surface area (Å²) in [5, 5.41) is 0. The fourth-order valence-electron chi connectivity index (χ4n) is 3.89. The summed E-state index contributed by atoms with van der Waals surface area (Å²) >= 11 is 0. The second kappa shape index (κ2) is 7.97. The van der Waals surface area contributed by atoms with E-state index in [2.05, 4.69) is 18.2 Å². The molecule has 0 spiro atoms. The standard InChI is InChI=1S/C26H26O4S/c1-16-14-18(15-17(2)24(16)29-25(28)30-26(3,4)5)31-21-12-8-6-10-19(21)23(27)20-11-7-9-13-22(20)31/h6-15,19H,1-5H3. The Balaban J connectivity index is 1.81. The number of carbonyl (C=O) groups excluding carboxylic acids is 2. The van der Waals surface area contributed by atoms with E-state index in [1.54, 1.807) is 20.8 Å². The molecule has 31 heavy (non-hydrogen) atoms. The number of benzene rings is 2. The molecule has 160 valence electrons. The molecule has 2 aliphatic rings. The molecule has 0 radical (unpaired) electrons. The molecule has 0 amide bonds. The predicted molar refractivity (Wildman–Crippen MR) is 124 cm³/mol. The van der Waals surface area contributed by atoms with Gasteiger partial charge in [0, 0.05) is 15.4 Å². The fourth-order valence-corrected chi connectivity index (χ4v) is 6.51. The van der Waals surface area contributed by atoms with Gasteiger partial charge in [0.15, 0.2) is 5.78 Å². The minimum Gasteiger partial charge on any atom is -0.428 e. The Morgan fingerprint density at radius 3 is 2.39 bits per heavy atom. The minimum absolute atomic E-state index is 0.147. The Hall–Kier alpha value is -2.92. The van der Waals surface area contributed by atoms with E-state index in [0.29, 0.717) is 5.75 Å². The first-order chi connectivity index (χ1) is 14.7. The molecule has 0 N–H and O–H groups in total. The Kier molecular flexibility index (Phi) is 5.48. The van der Waals surface area contributed by atoms with Crippen molar-refractivity contribution in [2.24, 2.45) is 5.92 Å². The Bertz CT molecular complexity index is 1160. The Morgan fingerprint density at radius 1 is 1.03 bits per heavy atom. The Morgan fingerprint density at radius 2 is 1.71 bits per heavy atom. The van der Waals surface area contributed by atoms with Crippen LogP contribution in [-0.4, -0.2) is 22.4 Å². The van der Waals surface area contributed by atoms with Crippen molar-refractivity contribution in [3.63, 3.8) is 0 Å². The highest BCUT2D eigenvalue weighted by Crippen LogP contribution is 2.47. The first kappa shape index (κ1) is 21.3. The number of ether oxygens (including phenoxy) is 2. The molecule has 2 unspecified atom stereocenters. The van der Waals surface area contributed by atoms with Crippen LogP contribution in [0.2, 0.25) is 0 Å². The van der Waals surface area contributed by atoms with E-state index in [1.165, 1.54) is 0 Å². The largest absolute Gasteiger partial charge is 0.514 e. The van der Waals surface area contributed by atoms with Crippen LogP contribution in [0.4, 0.5) is 4.79 Å². The lowest BCUT2D eigenvalue weighted by Crippen LogP contribution is -2.27. The first-order valence-corrected chi connectivity index (χ1v) is 11.5. The lowest BCUT2D eigenvalue weighted by atomic mass is 9.91. The molecule has 2 aromatic rings. The zero-order valence-corrected chi connectivity index (χ0v) is 19.2. The molecule has 0 saturated heterocycles. The highest BCUT2D eigenvalue weighted by molar-refractivity contribution is 8.16. The second-order valence-electron chi connectivity index (χ2n) is 8.74. The second-order valence-corrected chi connectivity index (χ2v) is 10.7. The van der Waals surface area contributed by atoms with E-state index in [-0.39, 0.29) is 11.7 Å². The summed E-state index contributed by atoms with van der Waals surface area (Å²) in [6.45, 7) is 9.28. The van der Waals surface area contributed by atoms with Gasteiger partial charge in [0.1, 0.15) is 11.4 Å². The smallest absolute Gasteiger partial charge is 0.428 e. The van der Waals surface area contributed by atoms with Gasteiger partial charge in [-0.15, -0.1) is 10.5 Å². The van der Waals surface area contributed by atoms with Gasteiger partial charge in [-0.1, -0.05) is 42.5 Å². The molecule has 4 rings (SSSR count). The van der Waals surface area contributed by atoms with Gasteiger partial charge in [-0.3, -0.25) is 4.79 Å². The SMILES string of the molecule is Cc1cc(S2=C3C=CC=CC3C(=O)c3ccccc32)cc(C)c1OC(=O)OC(C)(C)C. The molecule has 2 atom stereocenters. The monoisotopic (exact) mass is 434 g/mol. The highest BCUT2D eigenvalue weighted by atomic mass is 32.2. The number of rotatable bonds is 2. The molecule has 5 heteroatoms. The molecular weight excluding hydrogens is 408 g/mol. The molecule has 4 nitrogen and oxygen atoms in total. The number of allylic oxidation sites excluding steroid dienone is 4. The third-order valence-corrected chi connectivity index (χ3v) is 7.48. The number of ketones is 1. The van der Waals surface area contributed by atoms with E-state index in [4.69, 9.17) is 9.47 Å². The van der Waals surface area contributed by atoms with Crippen molar-refractivity contribution in [3.05, 3.63) is 77.4 Å². The number of aryl methyl sites for hydroxylation is 2. The van der Waals surface area contributed by atoms with Gasteiger partial charge in [0.25, 0.3) is 0 Å². The number of carbonyl (C=O) groups is 2. The topological polar surface area (TPSA) is 52.6 Å². The van der Waals surface area contributed by atoms with E-state index < -0.39 is 22.2 Å². The predicted octanol–water partition coefficient (Wildman–Crippen LogP) is 6.42. The number of fused-ring (bicyclic) bond motifs is 2. The van der Waals surface area contributed by atoms with Gasteiger partial charge in [-0.2, -0.15) is 0 Å². The van der Waals surface area contributed by atoms with Crippen LogP contribution in [0, 0.1) is 19.8 Å². The minimum atomic E-state index is -0.711. The number of hydrogen-bond acceptors (Lipinski definition) is 4. The number of Topliss-reactive ketones (excluding diaryl/α,β-unsaturated/α-hetero) is 1. The maximum Gasteiger partial charge on any atom is 0.514 e. The summed E-state index contributed by atoms with van der Waals surface area (Å²) in [6.07, 6.45) is 7.27. The zero-order chi connectivity index (χ0) is 22.3. The lowest BCUT2D eigenvalue weighted by molar-refractivity contribution is 0.0203. The van der Waals surface area contributed by atoms with E-state index in [0.717, 1.165) is 31.3 Å². The molecule has 0 aromatic heterocycles. The van der Waals surface area contributed by atoms with Crippen LogP contribution in [0.1, 0.15) is 42.3 Å². The summed E-state index contributed by atoms with van der Waals surface area (Å²) in [5.41, 5.74) is 1.87. The van der Waals surface area contributed by atoms with Crippen molar-refractivity contribution in [2.75, 3.05) is 0 Å². The quantitative estimate of drug-likeness (QED) is 0.311. The summed E-state index contributed by atoms with van der Waals surface area (Å²) in [6, 6.07) is 12.0. The van der Waals surface area contributed by atoms with Crippen LogP contribution >= 0.6 is 10.5 Å². The third kappa shape index (κ3) is 4.15. The molecular formula is C26H26O4S. The van der Waals surface area contributed by atoms with Crippen molar-refractivity contribution in [3.8, 4) is 5.75 Å². The lowest BCUT2D eigenvalue weighted by Gasteiger charge is -2.29. The van der Waals surface area contributed by atoms with Gasteiger partial charge < -0.3 is 9.47 Å². The molecule has 0 bridgehead atoms. The Labute approximate surface area is 185 Å². The molecule has 2 aromatic carbocycles. The zero-order valence-electron chi connectivity index (χ0n) is 18.4.